The number of thiazole rings is 1. The number of ether oxygens (including phenoxy) is 1. The molecule has 1 N–H and O–H groups in total. The molecule has 6 nitrogen and oxygen atoms in total. The van der Waals surface area contributed by atoms with Crippen molar-refractivity contribution in [2.45, 2.75) is 0 Å². The number of aromatic nitrogens is 3. The number of methoxy groups -OCH3 is 1. The fourth-order valence-electron chi connectivity index (χ4n) is 2.26. The summed E-state index contributed by atoms with van der Waals surface area (Å²) in [5.74, 6) is 0.592. The maximum atomic E-state index is 13.7. The molecule has 2 aromatic carbocycles. The molecule has 0 aliphatic heterocycles. The Morgan fingerprint density at radius 1 is 1.12 bits per heavy atom. The van der Waals surface area contributed by atoms with Crippen molar-refractivity contribution in [2.24, 2.45) is 0 Å². The number of anilines is 2. The Labute approximate surface area is 139 Å². The highest BCUT2D eigenvalue weighted by atomic mass is 32.1. The van der Waals surface area contributed by atoms with Gasteiger partial charge in [-0.1, -0.05) is 34.6 Å². The van der Waals surface area contributed by atoms with Crippen LogP contribution in [0, 0.1) is 5.82 Å². The molecule has 4 rings (SSSR count). The van der Waals surface area contributed by atoms with Crippen molar-refractivity contribution in [2.75, 3.05) is 12.4 Å². The molecule has 0 aliphatic rings. The number of benzene rings is 2. The zero-order chi connectivity index (χ0) is 16.5. The number of rotatable bonds is 4. The lowest BCUT2D eigenvalue weighted by Crippen LogP contribution is -1.89. The standard InChI is InChI=1S/C16H11FN4O2S/c1-22-11-7-3-2-5-9(11)14-20-21-15(23-14)19-16-18-13-10(17)6-4-8-12(13)24-16/h2-8H,1H3,(H,18,19,21). The molecule has 2 aromatic heterocycles. The minimum atomic E-state index is -0.364. The Hall–Kier alpha value is -3.00. The van der Waals surface area contributed by atoms with E-state index >= 15 is 0 Å². The van der Waals surface area contributed by atoms with E-state index in [9.17, 15) is 4.39 Å². The lowest BCUT2D eigenvalue weighted by atomic mass is 10.2. The average molecular weight is 342 g/mol. The lowest BCUT2D eigenvalue weighted by molar-refractivity contribution is 0.414. The highest BCUT2D eigenvalue weighted by Crippen LogP contribution is 2.32. The SMILES string of the molecule is COc1ccccc1-c1nnc(Nc2nc3c(F)cccc3s2)o1. The third-order valence-electron chi connectivity index (χ3n) is 3.35. The first kappa shape index (κ1) is 14.6. The molecule has 0 saturated heterocycles. The Morgan fingerprint density at radius 3 is 2.83 bits per heavy atom. The molecule has 120 valence electrons. The van der Waals surface area contributed by atoms with E-state index in [1.54, 1.807) is 19.2 Å². The molecule has 0 spiro atoms. The van der Waals surface area contributed by atoms with Crippen molar-refractivity contribution in [1.29, 1.82) is 0 Å². The van der Waals surface area contributed by atoms with Gasteiger partial charge in [0, 0.05) is 0 Å². The Bertz CT molecular complexity index is 1010. The largest absolute Gasteiger partial charge is 0.496 e. The van der Waals surface area contributed by atoms with Gasteiger partial charge in [-0.05, 0) is 24.3 Å². The van der Waals surface area contributed by atoms with Crippen molar-refractivity contribution in [3.8, 4) is 17.2 Å². The van der Waals surface area contributed by atoms with Crippen molar-refractivity contribution < 1.29 is 13.5 Å². The second-order valence-electron chi connectivity index (χ2n) is 4.84. The molecule has 0 fully saturated rings. The Kier molecular flexibility index (Phi) is 3.58. The summed E-state index contributed by atoms with van der Waals surface area (Å²) in [4.78, 5) is 4.20. The average Bonchev–Trinajstić information content (AvgIpc) is 3.22. The first-order chi connectivity index (χ1) is 11.7. The topological polar surface area (TPSA) is 73.1 Å². The molecule has 0 atom stereocenters. The van der Waals surface area contributed by atoms with Crippen LogP contribution in [0.15, 0.2) is 46.9 Å². The monoisotopic (exact) mass is 342 g/mol. The van der Waals surface area contributed by atoms with Gasteiger partial charge < -0.3 is 9.15 Å². The lowest BCUT2D eigenvalue weighted by Gasteiger charge is -2.03. The molecule has 0 aliphatic carbocycles. The number of hydrogen-bond acceptors (Lipinski definition) is 7. The van der Waals surface area contributed by atoms with Crippen LogP contribution in [-0.2, 0) is 0 Å². The molecule has 24 heavy (non-hydrogen) atoms. The summed E-state index contributed by atoms with van der Waals surface area (Å²) < 4.78 is 25.3. The van der Waals surface area contributed by atoms with E-state index < -0.39 is 0 Å². The molecule has 0 bridgehead atoms. The maximum absolute atomic E-state index is 13.7. The van der Waals surface area contributed by atoms with Crippen LogP contribution in [0.3, 0.4) is 0 Å². The summed E-state index contributed by atoms with van der Waals surface area (Å²) >= 11 is 1.30. The molecule has 0 saturated carbocycles. The van der Waals surface area contributed by atoms with Gasteiger partial charge in [0.25, 0.3) is 5.89 Å². The molecule has 8 heteroatoms. The van der Waals surface area contributed by atoms with Crippen molar-refractivity contribution in [3.63, 3.8) is 0 Å². The van der Waals surface area contributed by atoms with Gasteiger partial charge in [0.15, 0.2) is 5.13 Å². The molecular weight excluding hydrogens is 331 g/mol. The van der Waals surface area contributed by atoms with Gasteiger partial charge in [-0.2, -0.15) is 0 Å². The number of fused-ring (bicyclic) bond motifs is 1. The predicted molar refractivity (Wildman–Crippen MR) is 89.1 cm³/mol. The minimum absolute atomic E-state index is 0.176. The van der Waals surface area contributed by atoms with Crippen LogP contribution in [0.5, 0.6) is 5.75 Å². The highest BCUT2D eigenvalue weighted by molar-refractivity contribution is 7.22. The van der Waals surface area contributed by atoms with Gasteiger partial charge >= 0.3 is 6.01 Å². The first-order valence-corrected chi connectivity index (χ1v) is 7.85. The van der Waals surface area contributed by atoms with E-state index in [0.29, 0.717) is 27.9 Å². The fraction of sp³-hybridized carbons (Fsp3) is 0.0625. The molecular formula is C16H11FN4O2S. The van der Waals surface area contributed by atoms with Gasteiger partial charge in [-0.25, -0.2) is 9.37 Å². The Balaban J connectivity index is 1.64. The quantitative estimate of drug-likeness (QED) is 0.598. The molecule has 0 unspecified atom stereocenters. The van der Waals surface area contributed by atoms with Crippen LogP contribution < -0.4 is 10.1 Å². The van der Waals surface area contributed by atoms with E-state index in [0.717, 1.165) is 4.70 Å². The second-order valence-corrected chi connectivity index (χ2v) is 5.87. The van der Waals surface area contributed by atoms with Gasteiger partial charge in [0.2, 0.25) is 0 Å². The summed E-state index contributed by atoms with van der Waals surface area (Å²) in [6.45, 7) is 0. The predicted octanol–water partition coefficient (Wildman–Crippen LogP) is 4.24. The number of hydrogen-bond donors (Lipinski definition) is 1. The van der Waals surface area contributed by atoms with Gasteiger partial charge in [0.05, 0.1) is 17.4 Å². The minimum Gasteiger partial charge on any atom is -0.496 e. The van der Waals surface area contributed by atoms with Crippen LogP contribution >= 0.6 is 11.3 Å². The number of nitrogens with one attached hydrogen (secondary N) is 1. The summed E-state index contributed by atoms with van der Waals surface area (Å²) in [7, 11) is 1.57. The van der Waals surface area contributed by atoms with Crippen LogP contribution in [0.1, 0.15) is 0 Å². The van der Waals surface area contributed by atoms with E-state index in [1.165, 1.54) is 17.4 Å². The van der Waals surface area contributed by atoms with Crippen LogP contribution in [0.2, 0.25) is 0 Å². The smallest absolute Gasteiger partial charge is 0.322 e. The number of para-hydroxylation sites is 2. The molecule has 0 radical (unpaired) electrons. The third-order valence-corrected chi connectivity index (χ3v) is 4.28. The summed E-state index contributed by atoms with van der Waals surface area (Å²) in [5, 5.41) is 11.3. The van der Waals surface area contributed by atoms with E-state index in [1.807, 2.05) is 24.3 Å². The van der Waals surface area contributed by atoms with Crippen LogP contribution in [0.4, 0.5) is 15.5 Å². The number of nitrogens with zero attached hydrogens (tertiary/aromatic N) is 3. The zero-order valence-corrected chi connectivity index (χ0v) is 13.3. The van der Waals surface area contributed by atoms with Crippen molar-refractivity contribution in [1.82, 2.24) is 15.2 Å². The zero-order valence-electron chi connectivity index (χ0n) is 12.5. The maximum Gasteiger partial charge on any atom is 0.322 e. The van der Waals surface area contributed by atoms with Crippen molar-refractivity contribution >= 4 is 32.7 Å². The van der Waals surface area contributed by atoms with Gasteiger partial charge in [0.1, 0.15) is 17.1 Å². The second kappa shape index (κ2) is 5.89. The van der Waals surface area contributed by atoms with Crippen LogP contribution in [0.25, 0.3) is 21.7 Å². The number of halogens is 1. The summed E-state index contributed by atoms with van der Waals surface area (Å²) in [6.07, 6.45) is 0. The summed E-state index contributed by atoms with van der Waals surface area (Å²) in [5.41, 5.74) is 1.00. The van der Waals surface area contributed by atoms with Gasteiger partial charge in [-0.3, -0.25) is 5.32 Å². The van der Waals surface area contributed by atoms with E-state index in [-0.39, 0.29) is 11.8 Å². The summed E-state index contributed by atoms with van der Waals surface area (Å²) in [6, 6.07) is 12.3. The molecule has 4 aromatic rings. The highest BCUT2D eigenvalue weighted by Gasteiger charge is 2.15. The molecule has 0 amide bonds. The molecule has 2 heterocycles. The fourth-order valence-corrected chi connectivity index (χ4v) is 3.13. The van der Waals surface area contributed by atoms with E-state index in [2.05, 4.69) is 20.5 Å². The third kappa shape index (κ3) is 2.56. The Morgan fingerprint density at radius 2 is 2.00 bits per heavy atom. The van der Waals surface area contributed by atoms with E-state index in [4.69, 9.17) is 9.15 Å². The first-order valence-electron chi connectivity index (χ1n) is 7.03. The normalized spacial score (nSPS) is 10.9. The van der Waals surface area contributed by atoms with Gasteiger partial charge in [-0.15, -0.1) is 5.10 Å². The van der Waals surface area contributed by atoms with Crippen LogP contribution in [-0.4, -0.2) is 22.3 Å². The van der Waals surface area contributed by atoms with Crippen molar-refractivity contribution in [3.05, 3.63) is 48.3 Å².